The van der Waals surface area contributed by atoms with Crippen molar-refractivity contribution in [2.45, 2.75) is 32.2 Å². The maximum absolute atomic E-state index is 5.90. The predicted octanol–water partition coefficient (Wildman–Crippen LogP) is 2.53. The normalized spacial score (nSPS) is 30.2. The van der Waals surface area contributed by atoms with Crippen molar-refractivity contribution in [2.24, 2.45) is 17.8 Å². The minimum Gasteiger partial charge on any atom is -0.383 e. The van der Waals surface area contributed by atoms with E-state index in [4.69, 9.17) is 5.73 Å². The monoisotopic (exact) mass is 245 g/mol. The molecule has 0 spiro atoms. The molecule has 3 nitrogen and oxygen atoms in total. The van der Waals surface area contributed by atoms with Gasteiger partial charge in [0.15, 0.2) is 0 Å². The van der Waals surface area contributed by atoms with Gasteiger partial charge in [-0.25, -0.2) is 4.98 Å². The highest BCUT2D eigenvalue weighted by molar-refractivity contribution is 5.38. The molecule has 0 saturated heterocycles. The van der Waals surface area contributed by atoms with Crippen LogP contribution in [0, 0.1) is 17.8 Å². The molecule has 18 heavy (non-hydrogen) atoms. The van der Waals surface area contributed by atoms with Crippen LogP contribution < -0.4 is 5.73 Å². The first-order chi connectivity index (χ1) is 8.72. The van der Waals surface area contributed by atoms with Crippen LogP contribution in [0.15, 0.2) is 18.3 Å². The van der Waals surface area contributed by atoms with Gasteiger partial charge in [-0.3, -0.25) is 0 Å². The molecule has 3 atom stereocenters. The van der Waals surface area contributed by atoms with Gasteiger partial charge in [0.25, 0.3) is 0 Å². The highest BCUT2D eigenvalue weighted by Gasteiger charge is 2.39. The average Bonchev–Trinajstić information content (AvgIpc) is 2.94. The SMILES string of the molecule is CN(Cc1cccnc1N)CC1CC2CCC1C2. The van der Waals surface area contributed by atoms with Crippen LogP contribution >= 0.6 is 0 Å². The molecular weight excluding hydrogens is 222 g/mol. The lowest BCUT2D eigenvalue weighted by atomic mass is 9.88. The third-order valence-electron chi connectivity index (χ3n) is 4.80. The molecule has 2 aliphatic rings. The molecule has 3 heteroatoms. The second-order valence-electron chi connectivity index (χ2n) is 6.18. The summed E-state index contributed by atoms with van der Waals surface area (Å²) in [4.78, 5) is 6.57. The number of anilines is 1. The van der Waals surface area contributed by atoms with E-state index in [0.717, 1.165) is 29.9 Å². The van der Waals surface area contributed by atoms with Gasteiger partial charge in [0.1, 0.15) is 5.82 Å². The summed E-state index contributed by atoms with van der Waals surface area (Å²) in [6.45, 7) is 2.14. The molecule has 0 aliphatic heterocycles. The fraction of sp³-hybridized carbons (Fsp3) is 0.667. The molecule has 2 bridgehead atoms. The van der Waals surface area contributed by atoms with Crippen molar-refractivity contribution < 1.29 is 0 Å². The van der Waals surface area contributed by atoms with Gasteiger partial charge in [-0.2, -0.15) is 0 Å². The van der Waals surface area contributed by atoms with Gasteiger partial charge in [0.2, 0.25) is 0 Å². The average molecular weight is 245 g/mol. The topological polar surface area (TPSA) is 42.2 Å². The zero-order valence-corrected chi connectivity index (χ0v) is 11.2. The van der Waals surface area contributed by atoms with E-state index >= 15 is 0 Å². The molecule has 0 radical (unpaired) electrons. The quantitative estimate of drug-likeness (QED) is 0.886. The fourth-order valence-electron chi connectivity index (χ4n) is 3.94. The third-order valence-corrected chi connectivity index (χ3v) is 4.80. The van der Waals surface area contributed by atoms with Crippen LogP contribution in [-0.2, 0) is 6.54 Å². The van der Waals surface area contributed by atoms with Crippen LogP contribution in [0.2, 0.25) is 0 Å². The second kappa shape index (κ2) is 4.88. The number of aromatic nitrogens is 1. The van der Waals surface area contributed by atoms with Gasteiger partial charge < -0.3 is 10.6 Å². The molecule has 1 heterocycles. The number of pyridine rings is 1. The standard InChI is InChI=1S/C15H23N3/c1-18(9-13-3-2-6-17-15(13)16)10-14-8-11-4-5-12(14)7-11/h2-3,6,11-12,14H,4-5,7-10H2,1H3,(H2,16,17). The molecule has 3 rings (SSSR count). The van der Waals surface area contributed by atoms with Crippen molar-refractivity contribution >= 4 is 5.82 Å². The van der Waals surface area contributed by atoms with Gasteiger partial charge in [0, 0.05) is 24.8 Å². The Bertz CT molecular complexity index is 418. The summed E-state index contributed by atoms with van der Waals surface area (Å²) in [6, 6.07) is 4.05. The Balaban J connectivity index is 1.56. The van der Waals surface area contributed by atoms with Crippen molar-refractivity contribution in [3.63, 3.8) is 0 Å². The number of nitrogen functional groups attached to an aromatic ring is 1. The van der Waals surface area contributed by atoms with Crippen LogP contribution in [0.1, 0.15) is 31.2 Å². The van der Waals surface area contributed by atoms with Crippen LogP contribution in [0.3, 0.4) is 0 Å². The molecule has 2 N–H and O–H groups in total. The van der Waals surface area contributed by atoms with E-state index in [0.29, 0.717) is 5.82 Å². The molecule has 98 valence electrons. The van der Waals surface area contributed by atoms with Crippen LogP contribution in [0.4, 0.5) is 5.82 Å². The van der Waals surface area contributed by atoms with Crippen LogP contribution in [-0.4, -0.2) is 23.5 Å². The summed E-state index contributed by atoms with van der Waals surface area (Å²) in [5, 5.41) is 0. The number of rotatable bonds is 4. The Kier molecular flexibility index (Phi) is 3.25. The maximum atomic E-state index is 5.90. The fourth-order valence-corrected chi connectivity index (χ4v) is 3.94. The van der Waals surface area contributed by atoms with E-state index in [9.17, 15) is 0 Å². The predicted molar refractivity (Wildman–Crippen MR) is 73.9 cm³/mol. The van der Waals surface area contributed by atoms with Crippen molar-refractivity contribution in [1.29, 1.82) is 0 Å². The van der Waals surface area contributed by atoms with Gasteiger partial charge in [-0.05, 0) is 50.1 Å². The van der Waals surface area contributed by atoms with E-state index in [-0.39, 0.29) is 0 Å². The van der Waals surface area contributed by atoms with E-state index in [1.807, 2.05) is 6.07 Å². The molecule has 1 aromatic heterocycles. The number of hydrogen-bond acceptors (Lipinski definition) is 3. The number of nitrogens with zero attached hydrogens (tertiary/aromatic N) is 2. The third kappa shape index (κ3) is 2.37. The molecule has 2 aliphatic carbocycles. The zero-order chi connectivity index (χ0) is 12.5. The van der Waals surface area contributed by atoms with Gasteiger partial charge >= 0.3 is 0 Å². The molecule has 1 aromatic rings. The molecule has 2 fully saturated rings. The Labute approximate surface area is 109 Å². The second-order valence-corrected chi connectivity index (χ2v) is 6.18. The molecule has 0 aromatic carbocycles. The van der Waals surface area contributed by atoms with E-state index in [2.05, 4.69) is 23.0 Å². The largest absolute Gasteiger partial charge is 0.383 e. The summed E-state index contributed by atoms with van der Waals surface area (Å²) in [6.07, 6.45) is 7.67. The lowest BCUT2D eigenvalue weighted by molar-refractivity contribution is 0.214. The number of hydrogen-bond donors (Lipinski definition) is 1. The number of nitrogens with two attached hydrogens (primary N) is 1. The van der Waals surface area contributed by atoms with Crippen molar-refractivity contribution in [3.05, 3.63) is 23.9 Å². The first-order valence-electron chi connectivity index (χ1n) is 7.10. The van der Waals surface area contributed by atoms with E-state index in [1.165, 1.54) is 32.2 Å². The van der Waals surface area contributed by atoms with Gasteiger partial charge in [-0.15, -0.1) is 0 Å². The highest BCUT2D eigenvalue weighted by atomic mass is 15.1. The Morgan fingerprint density at radius 1 is 1.39 bits per heavy atom. The van der Waals surface area contributed by atoms with Crippen molar-refractivity contribution in [2.75, 3.05) is 19.3 Å². The Morgan fingerprint density at radius 2 is 2.28 bits per heavy atom. The summed E-state index contributed by atoms with van der Waals surface area (Å²) in [5.41, 5.74) is 7.06. The van der Waals surface area contributed by atoms with Crippen molar-refractivity contribution in [1.82, 2.24) is 9.88 Å². The minimum atomic E-state index is 0.678. The summed E-state index contributed by atoms with van der Waals surface area (Å²) in [7, 11) is 2.21. The summed E-state index contributed by atoms with van der Waals surface area (Å²) < 4.78 is 0. The maximum Gasteiger partial charge on any atom is 0.127 e. The van der Waals surface area contributed by atoms with Gasteiger partial charge in [0.05, 0.1) is 0 Å². The Hall–Kier alpha value is -1.09. The molecule has 2 saturated carbocycles. The molecule has 3 unspecified atom stereocenters. The van der Waals surface area contributed by atoms with Crippen LogP contribution in [0.5, 0.6) is 0 Å². The lowest BCUT2D eigenvalue weighted by Gasteiger charge is -2.27. The van der Waals surface area contributed by atoms with Gasteiger partial charge in [-0.1, -0.05) is 12.5 Å². The smallest absolute Gasteiger partial charge is 0.127 e. The molecule has 0 amide bonds. The summed E-state index contributed by atoms with van der Waals surface area (Å²) >= 11 is 0. The minimum absolute atomic E-state index is 0.678. The van der Waals surface area contributed by atoms with E-state index < -0.39 is 0 Å². The first kappa shape index (κ1) is 12.0. The highest BCUT2D eigenvalue weighted by Crippen LogP contribution is 2.48. The molecular formula is C15H23N3. The zero-order valence-electron chi connectivity index (χ0n) is 11.2. The van der Waals surface area contributed by atoms with E-state index in [1.54, 1.807) is 6.20 Å². The number of fused-ring (bicyclic) bond motifs is 2. The van der Waals surface area contributed by atoms with Crippen LogP contribution in [0.25, 0.3) is 0 Å². The lowest BCUT2D eigenvalue weighted by Crippen LogP contribution is -2.28. The first-order valence-corrected chi connectivity index (χ1v) is 7.10. The van der Waals surface area contributed by atoms with Crippen molar-refractivity contribution in [3.8, 4) is 0 Å². The Morgan fingerprint density at radius 3 is 2.94 bits per heavy atom. The summed E-state index contributed by atoms with van der Waals surface area (Å²) in [5.74, 6) is 3.64.